The first kappa shape index (κ1) is 13.3. The fourth-order valence-corrected chi connectivity index (χ4v) is 2.55. The lowest BCUT2D eigenvalue weighted by Gasteiger charge is -2.27. The number of nitrogens with zero attached hydrogens (tertiary/aromatic N) is 3. The predicted octanol–water partition coefficient (Wildman–Crippen LogP) is 2.45. The zero-order valence-electron chi connectivity index (χ0n) is 11.7. The molecule has 2 heterocycles. The summed E-state index contributed by atoms with van der Waals surface area (Å²) in [6.45, 7) is 9.53. The minimum absolute atomic E-state index is 0.324. The molecule has 1 aromatic rings. The van der Waals surface area contributed by atoms with Crippen LogP contribution in [0.15, 0.2) is 6.20 Å². The van der Waals surface area contributed by atoms with Gasteiger partial charge in [0, 0.05) is 36.6 Å². The highest BCUT2D eigenvalue weighted by Crippen LogP contribution is 2.20. The van der Waals surface area contributed by atoms with Gasteiger partial charge >= 0.3 is 0 Å². The van der Waals surface area contributed by atoms with E-state index in [0.717, 1.165) is 31.3 Å². The third kappa shape index (κ3) is 2.99. The van der Waals surface area contributed by atoms with E-state index in [0.29, 0.717) is 6.04 Å². The van der Waals surface area contributed by atoms with Crippen LogP contribution in [0.1, 0.15) is 50.4 Å². The molecule has 1 saturated heterocycles. The van der Waals surface area contributed by atoms with Gasteiger partial charge < -0.3 is 10.2 Å². The van der Waals surface area contributed by atoms with Gasteiger partial charge in [-0.1, -0.05) is 6.92 Å². The Morgan fingerprint density at radius 2 is 2.06 bits per heavy atom. The van der Waals surface area contributed by atoms with Crippen LogP contribution in [-0.2, 0) is 0 Å². The van der Waals surface area contributed by atoms with Gasteiger partial charge in [0.25, 0.3) is 0 Å². The molecule has 0 radical (unpaired) electrons. The number of piperidine rings is 1. The SMILES string of the molecule is CCNC(C)c1cnc(N2CCCCC2)nc1C. The first-order chi connectivity index (χ1) is 8.72. The van der Waals surface area contributed by atoms with Crippen LogP contribution in [0, 0.1) is 6.92 Å². The molecular formula is C14H24N4. The average Bonchev–Trinajstić information content (AvgIpc) is 2.40. The molecule has 1 aliphatic heterocycles. The Bertz CT molecular complexity index is 385. The van der Waals surface area contributed by atoms with E-state index in [1.54, 1.807) is 0 Å². The van der Waals surface area contributed by atoms with Crippen LogP contribution in [0.2, 0.25) is 0 Å². The number of rotatable bonds is 4. The maximum Gasteiger partial charge on any atom is 0.225 e. The second-order valence-electron chi connectivity index (χ2n) is 5.04. The lowest BCUT2D eigenvalue weighted by atomic mass is 10.1. The first-order valence-corrected chi connectivity index (χ1v) is 7.04. The monoisotopic (exact) mass is 248 g/mol. The van der Waals surface area contributed by atoms with Crippen LogP contribution >= 0.6 is 0 Å². The maximum absolute atomic E-state index is 4.67. The van der Waals surface area contributed by atoms with Crippen molar-refractivity contribution in [2.75, 3.05) is 24.5 Å². The van der Waals surface area contributed by atoms with E-state index in [2.05, 4.69) is 41.0 Å². The summed E-state index contributed by atoms with van der Waals surface area (Å²) in [5, 5.41) is 3.41. The Morgan fingerprint density at radius 3 is 2.67 bits per heavy atom. The van der Waals surface area contributed by atoms with Gasteiger partial charge in [-0.25, -0.2) is 9.97 Å². The predicted molar refractivity (Wildman–Crippen MR) is 74.9 cm³/mol. The fourth-order valence-electron chi connectivity index (χ4n) is 2.55. The number of hydrogen-bond donors (Lipinski definition) is 1. The molecule has 0 bridgehead atoms. The molecule has 1 atom stereocenters. The van der Waals surface area contributed by atoms with E-state index >= 15 is 0 Å². The lowest BCUT2D eigenvalue weighted by molar-refractivity contribution is 0.562. The third-order valence-electron chi connectivity index (χ3n) is 3.62. The topological polar surface area (TPSA) is 41.1 Å². The van der Waals surface area contributed by atoms with Crippen molar-refractivity contribution in [3.63, 3.8) is 0 Å². The highest BCUT2D eigenvalue weighted by Gasteiger charge is 2.15. The Morgan fingerprint density at radius 1 is 1.33 bits per heavy atom. The molecule has 0 aliphatic carbocycles. The van der Waals surface area contributed by atoms with Crippen LogP contribution in [0.25, 0.3) is 0 Å². The van der Waals surface area contributed by atoms with Crippen molar-refractivity contribution < 1.29 is 0 Å². The molecule has 1 aliphatic rings. The lowest BCUT2D eigenvalue weighted by Crippen LogP contribution is -2.31. The molecule has 4 heteroatoms. The van der Waals surface area contributed by atoms with Crippen LogP contribution in [0.3, 0.4) is 0 Å². The summed E-state index contributed by atoms with van der Waals surface area (Å²) in [5.41, 5.74) is 2.30. The van der Waals surface area contributed by atoms with E-state index in [9.17, 15) is 0 Å². The van der Waals surface area contributed by atoms with Gasteiger partial charge in [-0.05, 0) is 39.7 Å². The highest BCUT2D eigenvalue weighted by molar-refractivity contribution is 5.34. The molecule has 1 fully saturated rings. The Balaban J connectivity index is 2.13. The van der Waals surface area contributed by atoms with Crippen molar-refractivity contribution in [2.24, 2.45) is 0 Å². The van der Waals surface area contributed by atoms with Crippen LogP contribution in [0.4, 0.5) is 5.95 Å². The Labute approximate surface area is 110 Å². The van der Waals surface area contributed by atoms with E-state index in [1.165, 1.54) is 24.8 Å². The Kier molecular flexibility index (Phi) is 4.53. The number of aryl methyl sites for hydroxylation is 1. The molecule has 4 nitrogen and oxygen atoms in total. The summed E-state index contributed by atoms with van der Waals surface area (Å²) < 4.78 is 0. The second-order valence-corrected chi connectivity index (χ2v) is 5.04. The smallest absolute Gasteiger partial charge is 0.225 e. The summed E-state index contributed by atoms with van der Waals surface area (Å²) in [6, 6.07) is 0.324. The van der Waals surface area contributed by atoms with Crippen LogP contribution in [-0.4, -0.2) is 29.6 Å². The van der Waals surface area contributed by atoms with Crippen molar-refractivity contribution in [2.45, 2.75) is 46.1 Å². The maximum atomic E-state index is 4.67. The number of aromatic nitrogens is 2. The zero-order chi connectivity index (χ0) is 13.0. The summed E-state index contributed by atoms with van der Waals surface area (Å²) >= 11 is 0. The minimum atomic E-state index is 0.324. The van der Waals surface area contributed by atoms with Gasteiger partial charge in [0.2, 0.25) is 5.95 Å². The van der Waals surface area contributed by atoms with Gasteiger partial charge in [-0.2, -0.15) is 0 Å². The Hall–Kier alpha value is -1.16. The molecule has 18 heavy (non-hydrogen) atoms. The largest absolute Gasteiger partial charge is 0.341 e. The number of nitrogens with one attached hydrogen (secondary N) is 1. The van der Waals surface area contributed by atoms with Gasteiger partial charge in [-0.3, -0.25) is 0 Å². The first-order valence-electron chi connectivity index (χ1n) is 7.04. The van der Waals surface area contributed by atoms with Crippen LogP contribution < -0.4 is 10.2 Å². The van der Waals surface area contributed by atoms with Crippen molar-refractivity contribution in [1.82, 2.24) is 15.3 Å². The van der Waals surface area contributed by atoms with E-state index in [4.69, 9.17) is 0 Å². The zero-order valence-corrected chi connectivity index (χ0v) is 11.7. The molecule has 0 aromatic carbocycles. The third-order valence-corrected chi connectivity index (χ3v) is 3.62. The standard InChI is InChI=1S/C14H24N4/c1-4-15-11(2)13-10-16-14(17-12(13)3)18-8-6-5-7-9-18/h10-11,15H,4-9H2,1-3H3. The fraction of sp³-hybridized carbons (Fsp3) is 0.714. The van der Waals surface area contributed by atoms with Gasteiger partial charge in [0.05, 0.1) is 0 Å². The summed E-state index contributed by atoms with van der Waals surface area (Å²) in [6.07, 6.45) is 5.85. The summed E-state index contributed by atoms with van der Waals surface area (Å²) in [4.78, 5) is 11.5. The van der Waals surface area contributed by atoms with Crippen molar-refractivity contribution in [1.29, 1.82) is 0 Å². The normalized spacial score (nSPS) is 17.8. The highest BCUT2D eigenvalue weighted by atomic mass is 15.2. The molecule has 0 spiro atoms. The second kappa shape index (κ2) is 6.14. The van der Waals surface area contributed by atoms with Crippen LogP contribution in [0.5, 0.6) is 0 Å². The molecular weight excluding hydrogens is 224 g/mol. The average molecular weight is 248 g/mol. The molecule has 1 N–H and O–H groups in total. The minimum Gasteiger partial charge on any atom is -0.341 e. The molecule has 100 valence electrons. The molecule has 1 aromatic heterocycles. The number of anilines is 1. The quantitative estimate of drug-likeness (QED) is 0.888. The van der Waals surface area contributed by atoms with Gasteiger partial charge in [0.1, 0.15) is 0 Å². The van der Waals surface area contributed by atoms with Gasteiger partial charge in [-0.15, -0.1) is 0 Å². The molecule has 1 unspecified atom stereocenters. The van der Waals surface area contributed by atoms with Crippen molar-refractivity contribution in [3.05, 3.63) is 17.5 Å². The van der Waals surface area contributed by atoms with E-state index in [1.807, 2.05) is 6.20 Å². The van der Waals surface area contributed by atoms with E-state index in [-0.39, 0.29) is 0 Å². The van der Waals surface area contributed by atoms with Crippen molar-refractivity contribution >= 4 is 5.95 Å². The van der Waals surface area contributed by atoms with Gasteiger partial charge in [0.15, 0.2) is 0 Å². The summed E-state index contributed by atoms with van der Waals surface area (Å²) in [5.74, 6) is 0.902. The molecule has 0 amide bonds. The van der Waals surface area contributed by atoms with E-state index < -0.39 is 0 Å². The van der Waals surface area contributed by atoms with Crippen molar-refractivity contribution in [3.8, 4) is 0 Å². The summed E-state index contributed by atoms with van der Waals surface area (Å²) in [7, 11) is 0. The number of hydrogen-bond acceptors (Lipinski definition) is 4. The molecule has 2 rings (SSSR count). The molecule has 0 saturated carbocycles.